The maximum atomic E-state index is 11.2. The summed E-state index contributed by atoms with van der Waals surface area (Å²) in [5.74, 6) is -0.745. The second kappa shape index (κ2) is 6.36. The second-order valence-corrected chi connectivity index (χ2v) is 5.34. The van der Waals surface area contributed by atoms with Gasteiger partial charge in [-0.25, -0.2) is 0 Å². The van der Waals surface area contributed by atoms with Gasteiger partial charge in [0.25, 0.3) is 0 Å². The van der Waals surface area contributed by atoms with Crippen molar-refractivity contribution in [3.8, 4) is 0 Å². The van der Waals surface area contributed by atoms with Crippen LogP contribution >= 0.6 is 0 Å². The SMILES string of the molecule is CCNC(C)(CCCN(C)C1CCC1)C(=O)O. The van der Waals surface area contributed by atoms with Crippen molar-refractivity contribution in [2.75, 3.05) is 20.1 Å². The van der Waals surface area contributed by atoms with Crippen LogP contribution in [0.5, 0.6) is 0 Å². The van der Waals surface area contributed by atoms with Crippen LogP contribution in [0.1, 0.15) is 46.0 Å². The molecule has 0 amide bonds. The third-order valence-corrected chi connectivity index (χ3v) is 3.92. The second-order valence-electron chi connectivity index (χ2n) is 5.34. The number of hydrogen-bond donors (Lipinski definition) is 2. The summed E-state index contributed by atoms with van der Waals surface area (Å²) in [5, 5.41) is 12.3. The number of nitrogens with zero attached hydrogens (tertiary/aromatic N) is 1. The van der Waals surface area contributed by atoms with Crippen molar-refractivity contribution in [1.82, 2.24) is 10.2 Å². The van der Waals surface area contributed by atoms with E-state index in [-0.39, 0.29) is 0 Å². The van der Waals surface area contributed by atoms with Gasteiger partial charge in [0.15, 0.2) is 0 Å². The zero-order valence-corrected chi connectivity index (χ0v) is 11.3. The number of carbonyl (C=O) groups is 1. The zero-order valence-electron chi connectivity index (χ0n) is 11.3. The molecule has 1 fully saturated rings. The van der Waals surface area contributed by atoms with E-state index >= 15 is 0 Å². The van der Waals surface area contributed by atoms with E-state index in [1.807, 2.05) is 6.92 Å². The number of nitrogens with one attached hydrogen (secondary N) is 1. The van der Waals surface area contributed by atoms with Crippen LogP contribution < -0.4 is 5.32 Å². The standard InChI is InChI=1S/C13H26N2O2/c1-4-14-13(2,12(16)17)9-6-10-15(3)11-7-5-8-11/h11,14H,4-10H2,1-3H3,(H,16,17). The lowest BCUT2D eigenvalue weighted by Gasteiger charge is -2.35. The van der Waals surface area contributed by atoms with E-state index in [1.165, 1.54) is 19.3 Å². The molecule has 1 aliphatic carbocycles. The van der Waals surface area contributed by atoms with Crippen molar-refractivity contribution < 1.29 is 9.90 Å². The molecule has 0 spiro atoms. The summed E-state index contributed by atoms with van der Waals surface area (Å²) in [6.07, 6.45) is 5.58. The fourth-order valence-electron chi connectivity index (χ4n) is 2.35. The number of aliphatic carboxylic acids is 1. The summed E-state index contributed by atoms with van der Waals surface area (Å²) in [7, 11) is 2.15. The maximum absolute atomic E-state index is 11.2. The fourth-order valence-corrected chi connectivity index (χ4v) is 2.35. The molecule has 0 aromatic carbocycles. The van der Waals surface area contributed by atoms with Gasteiger partial charge in [0.2, 0.25) is 0 Å². The monoisotopic (exact) mass is 242 g/mol. The van der Waals surface area contributed by atoms with Crippen molar-refractivity contribution in [2.24, 2.45) is 0 Å². The lowest BCUT2D eigenvalue weighted by Crippen LogP contribution is -2.50. The van der Waals surface area contributed by atoms with Gasteiger partial charge in [-0.05, 0) is 52.7 Å². The Balaban J connectivity index is 2.28. The summed E-state index contributed by atoms with van der Waals surface area (Å²) in [4.78, 5) is 13.6. The van der Waals surface area contributed by atoms with E-state index in [9.17, 15) is 9.90 Å². The van der Waals surface area contributed by atoms with E-state index in [0.717, 1.165) is 19.0 Å². The first-order valence-corrected chi connectivity index (χ1v) is 6.68. The van der Waals surface area contributed by atoms with E-state index < -0.39 is 11.5 Å². The Kier molecular flexibility index (Phi) is 5.40. The first-order valence-electron chi connectivity index (χ1n) is 6.68. The lowest BCUT2D eigenvalue weighted by molar-refractivity contribution is -0.144. The molecule has 4 nitrogen and oxygen atoms in total. The first-order chi connectivity index (χ1) is 7.99. The van der Waals surface area contributed by atoms with E-state index in [2.05, 4.69) is 17.3 Å². The molecular weight excluding hydrogens is 216 g/mol. The quantitative estimate of drug-likeness (QED) is 0.680. The van der Waals surface area contributed by atoms with Crippen LogP contribution in [-0.4, -0.2) is 47.7 Å². The molecule has 1 saturated carbocycles. The number of carboxylic acids is 1. The maximum Gasteiger partial charge on any atom is 0.323 e. The Morgan fingerprint density at radius 3 is 2.59 bits per heavy atom. The van der Waals surface area contributed by atoms with Gasteiger partial charge >= 0.3 is 5.97 Å². The van der Waals surface area contributed by atoms with E-state index in [1.54, 1.807) is 6.92 Å². The highest BCUT2D eigenvalue weighted by Gasteiger charge is 2.31. The number of rotatable bonds is 8. The summed E-state index contributed by atoms with van der Waals surface area (Å²) in [6.45, 7) is 5.42. The van der Waals surface area contributed by atoms with Gasteiger partial charge in [0.05, 0.1) is 0 Å². The molecule has 1 unspecified atom stereocenters. The molecule has 0 saturated heterocycles. The molecule has 0 aromatic rings. The number of hydrogen-bond acceptors (Lipinski definition) is 3. The Hall–Kier alpha value is -0.610. The number of carboxylic acid groups (broad SMARTS) is 1. The smallest absolute Gasteiger partial charge is 0.323 e. The average molecular weight is 242 g/mol. The molecule has 17 heavy (non-hydrogen) atoms. The van der Waals surface area contributed by atoms with Gasteiger partial charge in [-0.15, -0.1) is 0 Å². The van der Waals surface area contributed by atoms with Crippen LogP contribution in [0.25, 0.3) is 0 Å². The van der Waals surface area contributed by atoms with Crippen molar-refractivity contribution in [3.05, 3.63) is 0 Å². The summed E-state index contributed by atoms with van der Waals surface area (Å²) in [6, 6.07) is 0.741. The molecule has 0 heterocycles. The molecule has 1 rings (SSSR count). The zero-order chi connectivity index (χ0) is 12.9. The summed E-state index contributed by atoms with van der Waals surface area (Å²) in [5.41, 5.74) is -0.769. The predicted octanol–water partition coefficient (Wildman–Crippen LogP) is 1.70. The number of likely N-dealkylation sites (N-methyl/N-ethyl adjacent to an activating group) is 1. The largest absolute Gasteiger partial charge is 0.480 e. The first kappa shape index (κ1) is 14.5. The summed E-state index contributed by atoms with van der Waals surface area (Å²) >= 11 is 0. The van der Waals surface area contributed by atoms with E-state index in [4.69, 9.17) is 0 Å². The molecule has 0 radical (unpaired) electrons. The van der Waals surface area contributed by atoms with Crippen LogP contribution in [0.2, 0.25) is 0 Å². The predicted molar refractivity (Wildman–Crippen MR) is 69.2 cm³/mol. The molecule has 100 valence electrons. The molecule has 1 atom stereocenters. The highest BCUT2D eigenvalue weighted by atomic mass is 16.4. The van der Waals surface area contributed by atoms with Crippen LogP contribution in [0.15, 0.2) is 0 Å². The lowest BCUT2D eigenvalue weighted by atomic mass is 9.91. The average Bonchev–Trinajstić information content (AvgIpc) is 2.14. The van der Waals surface area contributed by atoms with Crippen LogP contribution in [0, 0.1) is 0 Å². The highest BCUT2D eigenvalue weighted by molar-refractivity contribution is 5.78. The molecule has 1 aliphatic rings. The highest BCUT2D eigenvalue weighted by Crippen LogP contribution is 2.24. The third-order valence-electron chi connectivity index (χ3n) is 3.92. The minimum absolute atomic E-state index is 0.688. The van der Waals surface area contributed by atoms with Crippen LogP contribution in [0.4, 0.5) is 0 Å². The minimum atomic E-state index is -0.769. The molecular formula is C13H26N2O2. The molecule has 0 bridgehead atoms. The van der Waals surface area contributed by atoms with Crippen molar-refractivity contribution in [3.63, 3.8) is 0 Å². The Bertz CT molecular complexity index is 254. The molecule has 4 heteroatoms. The van der Waals surface area contributed by atoms with Gasteiger partial charge in [-0.2, -0.15) is 0 Å². The summed E-state index contributed by atoms with van der Waals surface area (Å²) < 4.78 is 0. The fraction of sp³-hybridized carbons (Fsp3) is 0.923. The molecule has 0 aliphatic heterocycles. The van der Waals surface area contributed by atoms with Crippen molar-refractivity contribution >= 4 is 5.97 Å². The normalized spacial score (nSPS) is 20.0. The van der Waals surface area contributed by atoms with E-state index in [0.29, 0.717) is 13.0 Å². The Labute approximate surface area is 104 Å². The molecule has 2 N–H and O–H groups in total. The Morgan fingerprint density at radius 2 is 2.18 bits per heavy atom. The minimum Gasteiger partial charge on any atom is -0.480 e. The molecule has 0 aromatic heterocycles. The third kappa shape index (κ3) is 3.96. The van der Waals surface area contributed by atoms with Gasteiger partial charge in [0, 0.05) is 6.04 Å². The van der Waals surface area contributed by atoms with Crippen LogP contribution in [-0.2, 0) is 4.79 Å². The topological polar surface area (TPSA) is 52.6 Å². The van der Waals surface area contributed by atoms with Gasteiger partial charge < -0.3 is 15.3 Å². The van der Waals surface area contributed by atoms with Gasteiger partial charge in [-0.1, -0.05) is 13.3 Å². The Morgan fingerprint density at radius 1 is 1.53 bits per heavy atom. The van der Waals surface area contributed by atoms with Crippen molar-refractivity contribution in [2.45, 2.75) is 57.5 Å². The van der Waals surface area contributed by atoms with Crippen molar-refractivity contribution in [1.29, 1.82) is 0 Å². The van der Waals surface area contributed by atoms with Gasteiger partial charge in [0.1, 0.15) is 5.54 Å². The van der Waals surface area contributed by atoms with Gasteiger partial charge in [-0.3, -0.25) is 4.79 Å². The van der Waals surface area contributed by atoms with Crippen LogP contribution in [0.3, 0.4) is 0 Å².